The average Bonchev–Trinajstić information content (AvgIpc) is 3.23. The number of nitrogens with one attached hydrogen (secondary N) is 1. The first-order valence-electron chi connectivity index (χ1n) is 8.19. The third kappa shape index (κ3) is 4.07. The zero-order valence-corrected chi connectivity index (χ0v) is 14.7. The van der Waals surface area contributed by atoms with Crippen LogP contribution in [0.3, 0.4) is 0 Å². The van der Waals surface area contributed by atoms with Crippen molar-refractivity contribution in [2.24, 2.45) is 12.0 Å². The molecule has 3 heterocycles. The number of piperazine rings is 1. The van der Waals surface area contributed by atoms with Gasteiger partial charge in [-0.25, -0.2) is 4.99 Å². The highest BCUT2D eigenvalue weighted by Crippen LogP contribution is 2.22. The van der Waals surface area contributed by atoms with Gasteiger partial charge in [-0.3, -0.25) is 0 Å². The van der Waals surface area contributed by atoms with E-state index < -0.39 is 0 Å². The highest BCUT2D eigenvalue weighted by atomic mass is 32.1. The standard InChI is InChI=1S/C17H25N5S/c1-3-18-17(19-13-15-6-7-20(2)14-15)22-10-8-21(9-11-22)16-5-4-12-23-16/h4-7,12,14H,3,8-11,13H2,1-2H3,(H,18,19). The number of thiophene rings is 1. The van der Waals surface area contributed by atoms with E-state index in [9.17, 15) is 0 Å². The van der Waals surface area contributed by atoms with Crippen LogP contribution >= 0.6 is 11.3 Å². The molecule has 0 unspecified atom stereocenters. The summed E-state index contributed by atoms with van der Waals surface area (Å²) in [6.07, 6.45) is 4.19. The van der Waals surface area contributed by atoms with Crippen molar-refractivity contribution < 1.29 is 0 Å². The second kappa shape index (κ2) is 7.55. The number of aliphatic imine (C=N–C) groups is 1. The summed E-state index contributed by atoms with van der Waals surface area (Å²) in [5.41, 5.74) is 1.25. The molecule has 124 valence electrons. The fraction of sp³-hybridized carbons (Fsp3) is 0.471. The number of aromatic nitrogens is 1. The third-order valence-corrected chi connectivity index (χ3v) is 4.97. The number of anilines is 1. The highest BCUT2D eigenvalue weighted by Gasteiger charge is 2.20. The van der Waals surface area contributed by atoms with E-state index in [2.05, 4.69) is 62.6 Å². The average molecular weight is 331 g/mol. The first-order valence-corrected chi connectivity index (χ1v) is 9.07. The van der Waals surface area contributed by atoms with E-state index in [1.54, 1.807) is 0 Å². The van der Waals surface area contributed by atoms with Crippen molar-refractivity contribution in [3.63, 3.8) is 0 Å². The second-order valence-electron chi connectivity index (χ2n) is 5.78. The van der Waals surface area contributed by atoms with Crippen LogP contribution in [-0.2, 0) is 13.6 Å². The first-order chi connectivity index (χ1) is 11.3. The number of hydrogen-bond donors (Lipinski definition) is 1. The Bertz CT molecular complexity index is 623. The summed E-state index contributed by atoms with van der Waals surface area (Å²) in [6.45, 7) is 7.89. The van der Waals surface area contributed by atoms with E-state index >= 15 is 0 Å². The quantitative estimate of drug-likeness (QED) is 0.690. The summed E-state index contributed by atoms with van der Waals surface area (Å²) in [7, 11) is 2.04. The van der Waals surface area contributed by atoms with Gasteiger partial charge in [0.15, 0.2) is 5.96 Å². The van der Waals surface area contributed by atoms with E-state index in [-0.39, 0.29) is 0 Å². The van der Waals surface area contributed by atoms with Crippen molar-refractivity contribution in [3.8, 4) is 0 Å². The molecule has 0 radical (unpaired) electrons. The number of rotatable bonds is 4. The van der Waals surface area contributed by atoms with Gasteiger partial charge < -0.3 is 19.7 Å². The lowest BCUT2D eigenvalue weighted by atomic mass is 10.3. The van der Waals surface area contributed by atoms with Crippen LogP contribution < -0.4 is 10.2 Å². The predicted octanol–water partition coefficient (Wildman–Crippen LogP) is 2.37. The Morgan fingerprint density at radius 1 is 1.26 bits per heavy atom. The fourth-order valence-electron chi connectivity index (χ4n) is 2.83. The lowest BCUT2D eigenvalue weighted by molar-refractivity contribution is 0.373. The van der Waals surface area contributed by atoms with Crippen molar-refractivity contribution >= 4 is 22.3 Å². The molecule has 2 aromatic rings. The van der Waals surface area contributed by atoms with Gasteiger partial charge in [0.1, 0.15) is 0 Å². The first kappa shape index (κ1) is 15.9. The molecule has 0 aromatic carbocycles. The zero-order valence-electron chi connectivity index (χ0n) is 13.9. The predicted molar refractivity (Wildman–Crippen MR) is 98.3 cm³/mol. The van der Waals surface area contributed by atoms with Crippen LogP contribution in [0.4, 0.5) is 5.00 Å². The summed E-state index contributed by atoms with van der Waals surface area (Å²) < 4.78 is 2.07. The molecule has 1 aliphatic heterocycles. The number of nitrogens with zero attached hydrogens (tertiary/aromatic N) is 4. The maximum Gasteiger partial charge on any atom is 0.194 e. The van der Waals surface area contributed by atoms with Crippen LogP contribution in [0.1, 0.15) is 12.5 Å². The molecular formula is C17H25N5S. The summed E-state index contributed by atoms with van der Waals surface area (Å²) in [4.78, 5) is 9.64. The minimum Gasteiger partial charge on any atom is -0.360 e. The summed E-state index contributed by atoms with van der Waals surface area (Å²) >= 11 is 1.82. The van der Waals surface area contributed by atoms with E-state index in [1.165, 1.54) is 10.6 Å². The Balaban J connectivity index is 1.60. The molecule has 2 aromatic heterocycles. The Kier molecular flexibility index (Phi) is 5.23. The van der Waals surface area contributed by atoms with Crippen LogP contribution in [0.5, 0.6) is 0 Å². The normalized spacial score (nSPS) is 16.0. The zero-order chi connectivity index (χ0) is 16.1. The minimum absolute atomic E-state index is 0.730. The maximum absolute atomic E-state index is 4.81. The van der Waals surface area contributed by atoms with Gasteiger partial charge in [-0.15, -0.1) is 11.3 Å². The molecule has 0 spiro atoms. The molecular weight excluding hydrogens is 306 g/mol. The summed E-state index contributed by atoms with van der Waals surface area (Å²) in [5.74, 6) is 1.03. The lowest BCUT2D eigenvalue weighted by Crippen LogP contribution is -2.52. The molecule has 1 aliphatic rings. The number of aryl methyl sites for hydroxylation is 1. The molecule has 0 amide bonds. The van der Waals surface area contributed by atoms with Crippen molar-refractivity contribution in [2.75, 3.05) is 37.6 Å². The molecule has 5 nitrogen and oxygen atoms in total. The van der Waals surface area contributed by atoms with Gasteiger partial charge in [0.25, 0.3) is 0 Å². The molecule has 0 bridgehead atoms. The molecule has 1 N–H and O–H groups in total. The molecule has 0 atom stereocenters. The molecule has 0 aliphatic carbocycles. The van der Waals surface area contributed by atoms with Gasteiger partial charge in [0.2, 0.25) is 0 Å². The SMILES string of the molecule is CCNC(=NCc1ccn(C)c1)N1CCN(c2cccs2)CC1. The summed E-state index contributed by atoms with van der Waals surface area (Å²) in [5, 5.41) is 6.95. The van der Waals surface area contributed by atoms with Crippen molar-refractivity contribution in [1.29, 1.82) is 0 Å². The largest absolute Gasteiger partial charge is 0.360 e. The van der Waals surface area contributed by atoms with Crippen molar-refractivity contribution in [1.82, 2.24) is 14.8 Å². The molecule has 3 rings (SSSR count). The van der Waals surface area contributed by atoms with E-state index in [0.717, 1.165) is 45.2 Å². The monoisotopic (exact) mass is 331 g/mol. The van der Waals surface area contributed by atoms with Gasteiger partial charge in [0, 0.05) is 52.2 Å². The van der Waals surface area contributed by atoms with Crippen LogP contribution in [0.25, 0.3) is 0 Å². The van der Waals surface area contributed by atoms with E-state index in [0.29, 0.717) is 0 Å². The minimum atomic E-state index is 0.730. The van der Waals surface area contributed by atoms with E-state index in [4.69, 9.17) is 4.99 Å². The van der Waals surface area contributed by atoms with Crippen LogP contribution in [0.15, 0.2) is 41.0 Å². The van der Waals surface area contributed by atoms with Crippen molar-refractivity contribution in [3.05, 3.63) is 41.5 Å². The molecule has 6 heteroatoms. The van der Waals surface area contributed by atoms with Gasteiger partial charge in [-0.2, -0.15) is 0 Å². The smallest absolute Gasteiger partial charge is 0.194 e. The van der Waals surface area contributed by atoms with Gasteiger partial charge in [0.05, 0.1) is 11.5 Å². The fourth-order valence-corrected chi connectivity index (χ4v) is 3.62. The van der Waals surface area contributed by atoms with Crippen LogP contribution in [0.2, 0.25) is 0 Å². The van der Waals surface area contributed by atoms with Crippen LogP contribution in [-0.4, -0.2) is 48.2 Å². The lowest BCUT2D eigenvalue weighted by Gasteiger charge is -2.37. The number of hydrogen-bond acceptors (Lipinski definition) is 3. The Hall–Kier alpha value is -1.95. The Morgan fingerprint density at radius 2 is 2.09 bits per heavy atom. The second-order valence-corrected chi connectivity index (χ2v) is 6.71. The third-order valence-electron chi connectivity index (χ3n) is 4.04. The maximum atomic E-state index is 4.81. The Labute approximate surface area is 142 Å². The molecule has 0 saturated carbocycles. The molecule has 1 fully saturated rings. The van der Waals surface area contributed by atoms with Crippen molar-refractivity contribution in [2.45, 2.75) is 13.5 Å². The number of guanidine groups is 1. The van der Waals surface area contributed by atoms with Gasteiger partial charge in [-0.1, -0.05) is 0 Å². The van der Waals surface area contributed by atoms with E-state index in [1.807, 2.05) is 18.4 Å². The van der Waals surface area contributed by atoms with Crippen LogP contribution in [0, 0.1) is 0 Å². The molecule has 23 heavy (non-hydrogen) atoms. The Morgan fingerprint density at radius 3 is 2.70 bits per heavy atom. The highest BCUT2D eigenvalue weighted by molar-refractivity contribution is 7.14. The summed E-state index contributed by atoms with van der Waals surface area (Å²) in [6, 6.07) is 6.45. The van der Waals surface area contributed by atoms with Gasteiger partial charge >= 0.3 is 0 Å². The topological polar surface area (TPSA) is 35.8 Å². The molecule has 1 saturated heterocycles. The van der Waals surface area contributed by atoms with Gasteiger partial charge in [-0.05, 0) is 36.1 Å².